The third-order valence-corrected chi connectivity index (χ3v) is 3.08. The Morgan fingerprint density at radius 3 is 2.71 bits per heavy atom. The molecule has 0 aromatic heterocycles. The van der Waals surface area contributed by atoms with E-state index in [1.807, 2.05) is 0 Å². The lowest BCUT2D eigenvalue weighted by Gasteiger charge is -2.13. The number of urea groups is 1. The van der Waals surface area contributed by atoms with Gasteiger partial charge in [-0.3, -0.25) is 0 Å². The Morgan fingerprint density at radius 1 is 1.41 bits per heavy atom. The molecule has 0 saturated carbocycles. The Hall–Kier alpha value is -1.26. The number of likely N-dealkylation sites (N-methyl/N-ethyl adjacent to an activating group) is 1. The quantitative estimate of drug-likeness (QED) is 0.849. The molecule has 4 nitrogen and oxygen atoms in total. The summed E-state index contributed by atoms with van der Waals surface area (Å²) in [7, 11) is 2.05. The fourth-order valence-corrected chi connectivity index (χ4v) is 2.06. The van der Waals surface area contributed by atoms with E-state index in [0.29, 0.717) is 5.02 Å². The maximum absolute atomic E-state index is 11.7. The highest BCUT2D eigenvalue weighted by Gasteiger charge is 2.20. The van der Waals surface area contributed by atoms with Gasteiger partial charge in [0, 0.05) is 23.3 Å². The highest BCUT2D eigenvalue weighted by molar-refractivity contribution is 6.30. The van der Waals surface area contributed by atoms with E-state index in [1.165, 1.54) is 0 Å². The molecule has 1 aromatic carbocycles. The molecule has 1 saturated heterocycles. The standard InChI is InChI=1S/C12H16ClN3O/c1-16-7-6-11(8-16)15-12(17)14-10-4-2-9(13)3-5-10/h2-5,11H,6-8H2,1H3,(H2,14,15,17). The number of hydrogen-bond acceptors (Lipinski definition) is 2. The predicted molar refractivity (Wildman–Crippen MR) is 69.5 cm³/mol. The molecule has 1 heterocycles. The first-order chi connectivity index (χ1) is 8.13. The summed E-state index contributed by atoms with van der Waals surface area (Å²) in [5.74, 6) is 0. The van der Waals surface area contributed by atoms with Crippen LogP contribution < -0.4 is 10.6 Å². The average molecular weight is 254 g/mol. The number of nitrogens with one attached hydrogen (secondary N) is 2. The summed E-state index contributed by atoms with van der Waals surface area (Å²) in [4.78, 5) is 13.9. The zero-order valence-corrected chi connectivity index (χ0v) is 10.5. The van der Waals surface area contributed by atoms with Crippen LogP contribution >= 0.6 is 11.6 Å². The first-order valence-corrected chi connectivity index (χ1v) is 6.03. The summed E-state index contributed by atoms with van der Waals surface area (Å²) >= 11 is 5.77. The van der Waals surface area contributed by atoms with Gasteiger partial charge in [-0.15, -0.1) is 0 Å². The van der Waals surface area contributed by atoms with Gasteiger partial charge in [-0.2, -0.15) is 0 Å². The Bertz CT molecular complexity index is 393. The molecule has 2 amide bonds. The summed E-state index contributed by atoms with van der Waals surface area (Å²) in [6.07, 6.45) is 1.00. The van der Waals surface area contributed by atoms with Gasteiger partial charge in [0.15, 0.2) is 0 Å². The molecule has 1 unspecified atom stereocenters. The monoisotopic (exact) mass is 253 g/mol. The van der Waals surface area contributed by atoms with E-state index in [4.69, 9.17) is 11.6 Å². The highest BCUT2D eigenvalue weighted by atomic mass is 35.5. The second kappa shape index (κ2) is 5.38. The number of anilines is 1. The van der Waals surface area contributed by atoms with Crippen LogP contribution in [0, 0.1) is 0 Å². The molecule has 1 atom stereocenters. The number of likely N-dealkylation sites (tertiary alicyclic amines) is 1. The largest absolute Gasteiger partial charge is 0.334 e. The minimum atomic E-state index is -0.160. The predicted octanol–water partition coefficient (Wildman–Crippen LogP) is 2.17. The summed E-state index contributed by atoms with van der Waals surface area (Å²) < 4.78 is 0. The fourth-order valence-electron chi connectivity index (χ4n) is 1.94. The van der Waals surface area contributed by atoms with Crippen molar-refractivity contribution >= 4 is 23.3 Å². The molecule has 0 radical (unpaired) electrons. The number of amides is 2. The summed E-state index contributed by atoms with van der Waals surface area (Å²) in [6, 6.07) is 7.15. The molecule has 2 N–H and O–H groups in total. The molecule has 92 valence electrons. The van der Waals surface area contributed by atoms with Crippen LogP contribution in [-0.2, 0) is 0 Å². The third-order valence-electron chi connectivity index (χ3n) is 2.83. The Balaban J connectivity index is 1.83. The topological polar surface area (TPSA) is 44.4 Å². The van der Waals surface area contributed by atoms with Crippen molar-refractivity contribution in [2.24, 2.45) is 0 Å². The molecule has 0 aliphatic carbocycles. The van der Waals surface area contributed by atoms with Gasteiger partial charge in [-0.25, -0.2) is 4.79 Å². The van der Waals surface area contributed by atoms with E-state index < -0.39 is 0 Å². The Kier molecular flexibility index (Phi) is 3.86. The van der Waals surface area contributed by atoms with Gasteiger partial charge in [0.25, 0.3) is 0 Å². The molecule has 2 rings (SSSR count). The van der Waals surface area contributed by atoms with Crippen LogP contribution in [0.15, 0.2) is 24.3 Å². The van der Waals surface area contributed by atoms with Gasteiger partial charge in [0.05, 0.1) is 0 Å². The number of carbonyl (C=O) groups is 1. The SMILES string of the molecule is CN1CCC(NC(=O)Nc2ccc(Cl)cc2)C1. The van der Waals surface area contributed by atoms with Crippen molar-refractivity contribution in [1.29, 1.82) is 0 Å². The van der Waals surface area contributed by atoms with Gasteiger partial charge in [-0.1, -0.05) is 11.6 Å². The number of nitrogens with zero attached hydrogens (tertiary/aromatic N) is 1. The molecule has 1 aliphatic rings. The Labute approximate surface area is 106 Å². The van der Waals surface area contributed by atoms with Crippen molar-refractivity contribution in [3.05, 3.63) is 29.3 Å². The molecule has 17 heavy (non-hydrogen) atoms. The van der Waals surface area contributed by atoms with Gasteiger partial charge in [-0.05, 0) is 44.3 Å². The highest BCUT2D eigenvalue weighted by Crippen LogP contribution is 2.13. The maximum atomic E-state index is 11.7. The lowest BCUT2D eigenvalue weighted by Crippen LogP contribution is -2.39. The van der Waals surface area contributed by atoms with E-state index in [-0.39, 0.29) is 12.1 Å². The first kappa shape index (κ1) is 12.2. The van der Waals surface area contributed by atoms with Crippen molar-refractivity contribution in [3.8, 4) is 0 Å². The second-order valence-electron chi connectivity index (χ2n) is 4.35. The number of rotatable bonds is 2. The minimum absolute atomic E-state index is 0.160. The number of carbonyl (C=O) groups excluding carboxylic acids is 1. The average Bonchev–Trinajstić information content (AvgIpc) is 2.67. The molecule has 1 fully saturated rings. The van der Waals surface area contributed by atoms with E-state index >= 15 is 0 Å². The number of halogens is 1. The summed E-state index contributed by atoms with van der Waals surface area (Å²) in [5, 5.41) is 6.39. The molecular formula is C12H16ClN3O. The van der Waals surface area contributed by atoms with Gasteiger partial charge < -0.3 is 15.5 Å². The first-order valence-electron chi connectivity index (χ1n) is 5.65. The smallest absolute Gasteiger partial charge is 0.319 e. The van der Waals surface area contributed by atoms with E-state index in [1.54, 1.807) is 24.3 Å². The van der Waals surface area contributed by atoms with Gasteiger partial charge >= 0.3 is 6.03 Å². The van der Waals surface area contributed by atoms with E-state index in [2.05, 4.69) is 22.6 Å². The summed E-state index contributed by atoms with van der Waals surface area (Å²) in [5.41, 5.74) is 0.748. The third kappa shape index (κ3) is 3.61. The zero-order valence-electron chi connectivity index (χ0n) is 9.74. The molecule has 1 aromatic rings. The van der Waals surface area contributed by atoms with Crippen molar-refractivity contribution in [3.63, 3.8) is 0 Å². The molecule has 1 aliphatic heterocycles. The van der Waals surface area contributed by atoms with Crippen LogP contribution in [0.5, 0.6) is 0 Å². The van der Waals surface area contributed by atoms with Crippen LogP contribution in [0.2, 0.25) is 5.02 Å². The van der Waals surface area contributed by atoms with Crippen molar-refractivity contribution in [2.45, 2.75) is 12.5 Å². The molecular weight excluding hydrogens is 238 g/mol. The zero-order chi connectivity index (χ0) is 12.3. The van der Waals surface area contributed by atoms with Crippen LogP contribution in [-0.4, -0.2) is 37.1 Å². The van der Waals surface area contributed by atoms with E-state index in [9.17, 15) is 4.79 Å². The number of benzene rings is 1. The minimum Gasteiger partial charge on any atom is -0.334 e. The van der Waals surface area contributed by atoms with Crippen LogP contribution in [0.4, 0.5) is 10.5 Å². The van der Waals surface area contributed by atoms with Crippen molar-refractivity contribution in [1.82, 2.24) is 10.2 Å². The molecule has 0 spiro atoms. The lowest BCUT2D eigenvalue weighted by atomic mass is 10.3. The number of hydrogen-bond donors (Lipinski definition) is 2. The fraction of sp³-hybridized carbons (Fsp3) is 0.417. The van der Waals surface area contributed by atoms with Crippen LogP contribution in [0.1, 0.15) is 6.42 Å². The van der Waals surface area contributed by atoms with Crippen molar-refractivity contribution < 1.29 is 4.79 Å². The maximum Gasteiger partial charge on any atom is 0.319 e. The van der Waals surface area contributed by atoms with Crippen molar-refractivity contribution in [2.75, 3.05) is 25.5 Å². The lowest BCUT2D eigenvalue weighted by molar-refractivity contribution is 0.248. The van der Waals surface area contributed by atoms with Gasteiger partial charge in [0.2, 0.25) is 0 Å². The van der Waals surface area contributed by atoms with E-state index in [0.717, 1.165) is 25.2 Å². The summed E-state index contributed by atoms with van der Waals surface area (Å²) in [6.45, 7) is 1.94. The van der Waals surface area contributed by atoms with Gasteiger partial charge in [0.1, 0.15) is 0 Å². The second-order valence-corrected chi connectivity index (χ2v) is 4.79. The molecule has 0 bridgehead atoms. The molecule has 5 heteroatoms. The normalized spacial score (nSPS) is 20.2. The van der Waals surface area contributed by atoms with Crippen LogP contribution in [0.25, 0.3) is 0 Å². The van der Waals surface area contributed by atoms with Crippen LogP contribution in [0.3, 0.4) is 0 Å². The Morgan fingerprint density at radius 2 is 2.12 bits per heavy atom.